The van der Waals surface area contributed by atoms with Gasteiger partial charge < -0.3 is 25.6 Å². The number of aromatic nitrogens is 3. The maximum atomic E-state index is 16.6. The van der Waals surface area contributed by atoms with E-state index in [-0.39, 0.29) is 52.8 Å². The number of hydrogen-bond acceptors (Lipinski definition) is 9. The number of nitrogen functional groups attached to an aromatic ring is 1. The fourth-order valence-electron chi connectivity index (χ4n) is 7.24. The second-order valence-electron chi connectivity index (χ2n) is 12.9. The number of anilines is 2. The number of alkyl halides is 4. The molecule has 3 aliphatic heterocycles. The highest BCUT2D eigenvalue weighted by molar-refractivity contribution is 5.93. The molecule has 9 nitrogen and oxygen atoms in total. The van der Waals surface area contributed by atoms with Crippen LogP contribution in [0.4, 0.5) is 33.5 Å². The molecule has 2 bridgehead atoms. The summed E-state index contributed by atoms with van der Waals surface area (Å²) >= 11 is 0. The number of rotatable bonds is 6. The topological polar surface area (TPSA) is 116 Å². The van der Waals surface area contributed by atoms with Crippen molar-refractivity contribution in [1.29, 1.82) is 5.26 Å². The van der Waals surface area contributed by atoms with Gasteiger partial charge in [0, 0.05) is 48.9 Å². The first-order chi connectivity index (χ1) is 21.3. The Morgan fingerprint density at radius 1 is 1.20 bits per heavy atom. The highest BCUT2D eigenvalue weighted by Crippen LogP contribution is 2.44. The third kappa shape index (κ3) is 5.61. The van der Waals surface area contributed by atoms with Crippen LogP contribution in [0.25, 0.3) is 22.2 Å². The lowest BCUT2D eigenvalue weighted by molar-refractivity contribution is -0.137. The van der Waals surface area contributed by atoms with E-state index in [0.717, 1.165) is 25.5 Å². The fourth-order valence-corrected chi connectivity index (χ4v) is 7.24. The van der Waals surface area contributed by atoms with Crippen LogP contribution in [-0.2, 0) is 6.18 Å². The molecule has 0 spiro atoms. The molecule has 3 saturated heterocycles. The van der Waals surface area contributed by atoms with Crippen molar-refractivity contribution in [3.8, 4) is 23.3 Å². The molecule has 14 heteroatoms. The van der Waals surface area contributed by atoms with Crippen LogP contribution in [0.2, 0.25) is 0 Å². The predicted molar refractivity (Wildman–Crippen MR) is 159 cm³/mol. The van der Waals surface area contributed by atoms with Gasteiger partial charge in [-0.1, -0.05) is 6.92 Å². The molecule has 2 aromatic heterocycles. The molecule has 240 valence electrons. The molecule has 3 aromatic rings. The van der Waals surface area contributed by atoms with Gasteiger partial charge >= 0.3 is 12.2 Å². The van der Waals surface area contributed by atoms with E-state index in [1.807, 2.05) is 18.9 Å². The van der Waals surface area contributed by atoms with Gasteiger partial charge in [-0.15, -0.1) is 0 Å². The lowest BCUT2D eigenvalue weighted by Gasteiger charge is -2.43. The minimum atomic E-state index is -4.93. The fraction of sp³-hybridized carbons (Fsp3) is 0.548. The third-order valence-electron chi connectivity index (χ3n) is 9.54. The molecule has 4 atom stereocenters. The van der Waals surface area contributed by atoms with Crippen LogP contribution in [-0.4, -0.2) is 78.4 Å². The zero-order valence-corrected chi connectivity index (χ0v) is 25.3. The van der Waals surface area contributed by atoms with Gasteiger partial charge in [0.1, 0.15) is 23.1 Å². The quantitative estimate of drug-likeness (QED) is 0.291. The van der Waals surface area contributed by atoms with E-state index in [0.29, 0.717) is 31.9 Å². The van der Waals surface area contributed by atoms with Gasteiger partial charge in [-0.25, -0.2) is 4.39 Å². The maximum absolute atomic E-state index is 16.6. The number of fused-ring (bicyclic) bond motifs is 3. The lowest BCUT2D eigenvalue weighted by Crippen LogP contribution is -2.51. The number of hydrogen-bond donors (Lipinski definition) is 2. The Kier molecular flexibility index (Phi) is 7.97. The summed E-state index contributed by atoms with van der Waals surface area (Å²) in [6.07, 6.45) is -1.11. The van der Waals surface area contributed by atoms with Crippen molar-refractivity contribution >= 4 is 22.4 Å². The van der Waals surface area contributed by atoms with Crippen LogP contribution in [0.3, 0.4) is 0 Å². The number of nitrogens with two attached hydrogens (primary N) is 1. The first kappa shape index (κ1) is 31.2. The number of ether oxygens (including phenoxy) is 1. The third-order valence-corrected chi connectivity index (χ3v) is 9.54. The minimum Gasteiger partial charge on any atom is -0.463 e. The Labute approximate surface area is 257 Å². The van der Waals surface area contributed by atoms with E-state index in [9.17, 15) is 22.8 Å². The minimum absolute atomic E-state index is 0.0501. The van der Waals surface area contributed by atoms with Crippen molar-refractivity contribution < 1.29 is 26.7 Å². The molecule has 0 aliphatic carbocycles. The molecule has 45 heavy (non-hydrogen) atoms. The molecule has 1 aromatic carbocycles. The Morgan fingerprint density at radius 2 is 1.91 bits per heavy atom. The summed E-state index contributed by atoms with van der Waals surface area (Å²) in [5.74, 6) is -1.07. The highest BCUT2D eigenvalue weighted by Gasteiger charge is 2.41. The molecule has 0 unspecified atom stereocenters. The number of nitrogens with zero attached hydrogens (tertiary/aromatic N) is 6. The Bertz CT molecular complexity index is 1660. The number of aryl methyl sites for hydroxylation is 1. The van der Waals surface area contributed by atoms with Crippen molar-refractivity contribution in [3.05, 3.63) is 34.8 Å². The van der Waals surface area contributed by atoms with Gasteiger partial charge in [-0.05, 0) is 57.3 Å². The van der Waals surface area contributed by atoms with E-state index < -0.39 is 46.5 Å². The first-order valence-electron chi connectivity index (χ1n) is 15.0. The number of piperidine rings is 1. The van der Waals surface area contributed by atoms with Crippen molar-refractivity contribution in [1.82, 2.24) is 25.2 Å². The Hall–Kier alpha value is -3.83. The van der Waals surface area contributed by atoms with Crippen LogP contribution in [0.5, 0.6) is 6.01 Å². The van der Waals surface area contributed by atoms with Crippen molar-refractivity contribution in [2.45, 2.75) is 51.4 Å². The van der Waals surface area contributed by atoms with Crippen LogP contribution in [0.15, 0.2) is 12.3 Å². The summed E-state index contributed by atoms with van der Waals surface area (Å²) in [6.45, 7) is 5.11. The van der Waals surface area contributed by atoms with E-state index in [2.05, 4.69) is 25.2 Å². The van der Waals surface area contributed by atoms with Crippen LogP contribution in [0, 0.1) is 35.4 Å². The number of benzene rings is 1. The van der Waals surface area contributed by atoms with Gasteiger partial charge in [-0.2, -0.15) is 28.4 Å². The molecule has 0 amide bonds. The number of nitriles is 1. The zero-order chi connectivity index (χ0) is 32.3. The monoisotopic (exact) mass is 630 g/mol. The lowest BCUT2D eigenvalue weighted by atomic mass is 9.73. The summed E-state index contributed by atoms with van der Waals surface area (Å²) < 4.78 is 79.8. The van der Waals surface area contributed by atoms with E-state index in [1.165, 1.54) is 13.1 Å². The van der Waals surface area contributed by atoms with Gasteiger partial charge in [-0.3, -0.25) is 9.37 Å². The molecular formula is C31H35F5N8O. The summed E-state index contributed by atoms with van der Waals surface area (Å²) in [5, 5.41) is 13.5. The average Bonchev–Trinajstić information content (AvgIpc) is 3.32. The normalized spacial score (nSPS) is 25.5. The average molecular weight is 631 g/mol. The standard InChI is InChI=1S/C31H35F5N8O/c1-16-8-22(38)20(10-37)23(24(16)31(34,35)36)27-25(33)26-21(11-39-27)28(44-12-18-4-5-19(13-44)40-18)42-29(41-26)45-15-30(2)14-43(3)7-6-17(30)9-32/h8,11,17-19,40H,4-7,9,12-15,38H2,1-3H3/t17-,18-,19+,30+/m1/s1. The van der Waals surface area contributed by atoms with Crippen molar-refractivity contribution in [2.75, 3.05) is 57.1 Å². The SMILES string of the molecule is Cc1cc(N)c(C#N)c(-c2ncc3c(N4C[C@H]5CC[C@@H](C4)N5)nc(OC[C@]4(C)CN(C)CC[C@@H]4CF)nc3c2F)c1C(F)(F)F. The largest absolute Gasteiger partial charge is 0.463 e. The molecule has 6 rings (SSSR count). The maximum Gasteiger partial charge on any atom is 0.417 e. The van der Waals surface area contributed by atoms with Gasteiger partial charge in [0.05, 0.1) is 35.5 Å². The van der Waals surface area contributed by atoms with E-state index >= 15 is 4.39 Å². The summed E-state index contributed by atoms with van der Waals surface area (Å²) in [7, 11) is 1.95. The number of nitrogens with one attached hydrogen (secondary N) is 1. The van der Waals surface area contributed by atoms with Crippen LogP contribution >= 0.6 is 0 Å². The van der Waals surface area contributed by atoms with Crippen LogP contribution < -0.4 is 20.7 Å². The van der Waals surface area contributed by atoms with Gasteiger partial charge in [0.25, 0.3) is 0 Å². The molecule has 3 N–H and O–H groups in total. The van der Waals surface area contributed by atoms with Gasteiger partial charge in [0.15, 0.2) is 5.82 Å². The summed E-state index contributed by atoms with van der Waals surface area (Å²) in [4.78, 5) is 17.3. The second-order valence-corrected chi connectivity index (χ2v) is 12.9. The summed E-state index contributed by atoms with van der Waals surface area (Å²) in [6, 6.07) is 2.96. The van der Waals surface area contributed by atoms with E-state index in [1.54, 1.807) is 6.07 Å². The van der Waals surface area contributed by atoms with E-state index in [4.69, 9.17) is 10.5 Å². The van der Waals surface area contributed by atoms with Gasteiger partial charge in [0.2, 0.25) is 0 Å². The van der Waals surface area contributed by atoms with Crippen LogP contribution in [0.1, 0.15) is 42.9 Å². The number of likely N-dealkylation sites (tertiary alicyclic amines) is 1. The highest BCUT2D eigenvalue weighted by atomic mass is 19.4. The Balaban J connectivity index is 1.51. The molecule has 3 aliphatic rings. The molecule has 0 radical (unpaired) electrons. The zero-order valence-electron chi connectivity index (χ0n) is 25.3. The molecule has 3 fully saturated rings. The number of halogens is 5. The van der Waals surface area contributed by atoms with Crippen molar-refractivity contribution in [2.24, 2.45) is 11.3 Å². The molecular weight excluding hydrogens is 595 g/mol. The Morgan fingerprint density at radius 3 is 2.56 bits per heavy atom. The summed E-state index contributed by atoms with van der Waals surface area (Å²) in [5.41, 5.74) is 1.40. The van der Waals surface area contributed by atoms with Crippen molar-refractivity contribution in [3.63, 3.8) is 0 Å². The number of pyridine rings is 1. The smallest absolute Gasteiger partial charge is 0.417 e. The second kappa shape index (κ2) is 11.5. The molecule has 0 saturated carbocycles. The predicted octanol–water partition coefficient (Wildman–Crippen LogP) is 4.86. The first-order valence-corrected chi connectivity index (χ1v) is 15.0. The number of piperazine rings is 1. The molecule has 5 heterocycles.